The Labute approximate surface area is 92.1 Å². The summed E-state index contributed by atoms with van der Waals surface area (Å²) in [7, 11) is 0. The Morgan fingerprint density at radius 1 is 1.25 bits per heavy atom. The van der Waals surface area contributed by atoms with Crippen molar-refractivity contribution in [2.45, 2.75) is 13.0 Å². The Kier molecular flexibility index (Phi) is 3.05. The predicted octanol–water partition coefficient (Wildman–Crippen LogP) is 1.90. The van der Waals surface area contributed by atoms with Crippen molar-refractivity contribution in [2.24, 2.45) is 0 Å². The van der Waals surface area contributed by atoms with E-state index in [1.165, 1.54) is 0 Å². The molecule has 0 radical (unpaired) electrons. The molecule has 0 amide bonds. The summed E-state index contributed by atoms with van der Waals surface area (Å²) in [4.78, 5) is 1.63. The van der Waals surface area contributed by atoms with Crippen LogP contribution in [0.25, 0.3) is 0 Å². The number of anilines is 1. The van der Waals surface area contributed by atoms with Gasteiger partial charge in [0.1, 0.15) is 11.5 Å². The third kappa shape index (κ3) is 2.00. The molecule has 1 N–H and O–H groups in total. The number of rotatable bonds is 1. The van der Waals surface area contributed by atoms with Crippen LogP contribution in [0.3, 0.4) is 0 Å². The molecule has 88 valence electrons. The fourth-order valence-electron chi connectivity index (χ4n) is 1.98. The topological polar surface area (TPSA) is 15.3 Å². The molecule has 0 spiro atoms. The summed E-state index contributed by atoms with van der Waals surface area (Å²) in [5.74, 6) is -2.57. The lowest BCUT2D eigenvalue weighted by atomic mass is 10.1. The Balaban J connectivity index is 2.38. The van der Waals surface area contributed by atoms with Crippen molar-refractivity contribution >= 4 is 5.69 Å². The molecule has 2 nitrogen and oxygen atoms in total. The maximum Gasteiger partial charge on any atom is 0.152 e. The second kappa shape index (κ2) is 4.33. The first-order valence-electron chi connectivity index (χ1n) is 5.21. The van der Waals surface area contributed by atoms with Crippen LogP contribution in [0.2, 0.25) is 0 Å². The van der Waals surface area contributed by atoms with Crippen LogP contribution in [0.5, 0.6) is 0 Å². The van der Waals surface area contributed by atoms with E-state index in [1.54, 1.807) is 4.90 Å². The molecule has 1 atom stereocenters. The number of benzene rings is 1. The average molecular weight is 230 g/mol. The molecule has 1 aliphatic heterocycles. The van der Waals surface area contributed by atoms with Gasteiger partial charge in [0.2, 0.25) is 0 Å². The van der Waals surface area contributed by atoms with Gasteiger partial charge in [0, 0.05) is 37.8 Å². The van der Waals surface area contributed by atoms with Gasteiger partial charge in [-0.2, -0.15) is 0 Å². The zero-order valence-corrected chi connectivity index (χ0v) is 8.93. The molecule has 1 aliphatic rings. The van der Waals surface area contributed by atoms with Gasteiger partial charge in [-0.25, -0.2) is 13.2 Å². The second-order valence-corrected chi connectivity index (χ2v) is 3.96. The van der Waals surface area contributed by atoms with E-state index in [1.807, 2.05) is 6.92 Å². The summed E-state index contributed by atoms with van der Waals surface area (Å²) in [5.41, 5.74) is -0.129. The first-order chi connectivity index (χ1) is 7.59. The van der Waals surface area contributed by atoms with Crippen molar-refractivity contribution in [3.05, 3.63) is 29.6 Å². The van der Waals surface area contributed by atoms with E-state index >= 15 is 0 Å². The lowest BCUT2D eigenvalue weighted by Gasteiger charge is -2.36. The third-order valence-corrected chi connectivity index (χ3v) is 2.77. The van der Waals surface area contributed by atoms with Crippen molar-refractivity contribution in [1.29, 1.82) is 0 Å². The van der Waals surface area contributed by atoms with Gasteiger partial charge in [0.25, 0.3) is 0 Å². The highest BCUT2D eigenvalue weighted by Crippen LogP contribution is 2.26. The van der Waals surface area contributed by atoms with E-state index in [0.29, 0.717) is 31.8 Å². The zero-order chi connectivity index (χ0) is 11.7. The van der Waals surface area contributed by atoms with Crippen molar-refractivity contribution in [3.8, 4) is 0 Å². The van der Waals surface area contributed by atoms with Crippen LogP contribution in [0.15, 0.2) is 12.1 Å². The normalized spacial score (nSPS) is 21.2. The van der Waals surface area contributed by atoms with Crippen LogP contribution >= 0.6 is 0 Å². The van der Waals surface area contributed by atoms with E-state index < -0.39 is 17.5 Å². The minimum Gasteiger partial charge on any atom is -0.362 e. The highest BCUT2D eigenvalue weighted by molar-refractivity contribution is 5.50. The molecule has 1 unspecified atom stereocenters. The molecular formula is C11H13F3N2. The van der Waals surface area contributed by atoms with Crippen molar-refractivity contribution in [1.82, 2.24) is 5.32 Å². The van der Waals surface area contributed by atoms with Gasteiger partial charge in [-0.05, 0) is 6.92 Å². The molecule has 1 aromatic rings. The summed E-state index contributed by atoms with van der Waals surface area (Å²) in [6.45, 7) is 3.71. The van der Waals surface area contributed by atoms with Crippen molar-refractivity contribution in [3.63, 3.8) is 0 Å². The fraction of sp³-hybridized carbons (Fsp3) is 0.455. The van der Waals surface area contributed by atoms with Gasteiger partial charge < -0.3 is 10.2 Å². The standard InChI is InChI=1S/C11H13F3N2/c1-7-6-15-2-3-16(7)11-9(13)4-8(12)5-10(11)14/h4-5,7,15H,2-3,6H2,1H3. The van der Waals surface area contributed by atoms with E-state index in [-0.39, 0.29) is 11.7 Å². The van der Waals surface area contributed by atoms with Crippen LogP contribution in [0.4, 0.5) is 18.9 Å². The minimum atomic E-state index is -0.887. The summed E-state index contributed by atoms with van der Waals surface area (Å²) in [5, 5.41) is 3.12. The maximum atomic E-state index is 13.5. The van der Waals surface area contributed by atoms with Gasteiger partial charge in [0.15, 0.2) is 11.6 Å². The summed E-state index contributed by atoms with van der Waals surface area (Å²) < 4.78 is 39.8. The lowest BCUT2D eigenvalue weighted by molar-refractivity contribution is 0.472. The van der Waals surface area contributed by atoms with E-state index in [2.05, 4.69) is 5.32 Å². The smallest absolute Gasteiger partial charge is 0.152 e. The van der Waals surface area contributed by atoms with Gasteiger partial charge in [-0.15, -0.1) is 0 Å². The zero-order valence-electron chi connectivity index (χ0n) is 8.93. The lowest BCUT2D eigenvalue weighted by Crippen LogP contribution is -2.50. The predicted molar refractivity (Wildman–Crippen MR) is 56.0 cm³/mol. The van der Waals surface area contributed by atoms with Crippen LogP contribution < -0.4 is 10.2 Å². The van der Waals surface area contributed by atoms with Crippen molar-refractivity contribution in [2.75, 3.05) is 24.5 Å². The van der Waals surface area contributed by atoms with E-state index in [9.17, 15) is 13.2 Å². The van der Waals surface area contributed by atoms with Crippen LogP contribution in [-0.4, -0.2) is 25.7 Å². The van der Waals surface area contributed by atoms with Gasteiger partial charge in [-0.3, -0.25) is 0 Å². The highest BCUT2D eigenvalue weighted by Gasteiger charge is 2.24. The molecule has 1 saturated heterocycles. The molecule has 2 rings (SSSR count). The Morgan fingerprint density at radius 2 is 1.88 bits per heavy atom. The first kappa shape index (κ1) is 11.3. The highest BCUT2D eigenvalue weighted by atomic mass is 19.1. The molecule has 5 heteroatoms. The number of nitrogens with one attached hydrogen (secondary N) is 1. The monoisotopic (exact) mass is 230 g/mol. The van der Waals surface area contributed by atoms with Gasteiger partial charge in [0.05, 0.1) is 0 Å². The quantitative estimate of drug-likeness (QED) is 0.792. The van der Waals surface area contributed by atoms with Gasteiger partial charge in [-0.1, -0.05) is 0 Å². The van der Waals surface area contributed by atoms with E-state index in [0.717, 1.165) is 0 Å². The molecular weight excluding hydrogens is 217 g/mol. The second-order valence-electron chi connectivity index (χ2n) is 3.96. The molecule has 1 aromatic carbocycles. The number of hydrogen-bond acceptors (Lipinski definition) is 2. The summed E-state index contributed by atoms with van der Waals surface area (Å²) in [6.07, 6.45) is 0. The molecule has 0 aromatic heterocycles. The molecule has 0 aliphatic carbocycles. The maximum absolute atomic E-state index is 13.5. The van der Waals surface area contributed by atoms with Crippen molar-refractivity contribution < 1.29 is 13.2 Å². The molecule has 1 heterocycles. The largest absolute Gasteiger partial charge is 0.362 e. The summed E-state index contributed by atoms with van der Waals surface area (Å²) in [6, 6.07) is 1.42. The van der Waals surface area contributed by atoms with Gasteiger partial charge >= 0.3 is 0 Å². The number of piperazine rings is 1. The Morgan fingerprint density at radius 3 is 2.44 bits per heavy atom. The molecule has 1 fully saturated rings. The third-order valence-electron chi connectivity index (χ3n) is 2.77. The number of hydrogen-bond donors (Lipinski definition) is 1. The molecule has 16 heavy (non-hydrogen) atoms. The average Bonchev–Trinajstić information content (AvgIpc) is 2.19. The Bertz CT molecular complexity index is 372. The molecule has 0 bridgehead atoms. The fourth-order valence-corrected chi connectivity index (χ4v) is 1.98. The SMILES string of the molecule is CC1CNCCN1c1c(F)cc(F)cc1F. The molecule has 0 saturated carbocycles. The first-order valence-corrected chi connectivity index (χ1v) is 5.21. The summed E-state index contributed by atoms with van der Waals surface area (Å²) >= 11 is 0. The van der Waals surface area contributed by atoms with Crippen LogP contribution in [-0.2, 0) is 0 Å². The minimum absolute atomic E-state index is 0.0109. The number of nitrogens with zero attached hydrogens (tertiary/aromatic N) is 1. The Hall–Kier alpha value is -1.23. The van der Waals surface area contributed by atoms with Crippen LogP contribution in [0.1, 0.15) is 6.92 Å². The number of halogens is 3. The van der Waals surface area contributed by atoms with E-state index in [4.69, 9.17) is 0 Å². The van der Waals surface area contributed by atoms with Crippen LogP contribution in [0, 0.1) is 17.5 Å².